The van der Waals surface area contributed by atoms with Crippen LogP contribution in [0.1, 0.15) is 24.2 Å². The summed E-state index contributed by atoms with van der Waals surface area (Å²) in [4.78, 5) is 12.2. The molecular formula is C21H20FNO4. The Morgan fingerprint density at radius 2 is 2.04 bits per heavy atom. The molecule has 0 radical (unpaired) electrons. The van der Waals surface area contributed by atoms with E-state index in [0.29, 0.717) is 11.4 Å². The maximum absolute atomic E-state index is 13.2. The summed E-state index contributed by atoms with van der Waals surface area (Å²) in [5.74, 6) is 1.15. The molecule has 0 atom stereocenters. The van der Waals surface area contributed by atoms with E-state index >= 15 is 0 Å². The van der Waals surface area contributed by atoms with Gasteiger partial charge >= 0.3 is 0 Å². The predicted octanol–water partition coefficient (Wildman–Crippen LogP) is 4.48. The number of aryl methyl sites for hydroxylation is 2. The minimum absolute atomic E-state index is 0.161. The summed E-state index contributed by atoms with van der Waals surface area (Å²) in [6, 6.07) is 9.53. The number of hydrogen-bond acceptors (Lipinski definition) is 4. The summed E-state index contributed by atoms with van der Waals surface area (Å²) in [7, 11) is 1.42. The highest BCUT2D eigenvalue weighted by atomic mass is 19.1. The third kappa shape index (κ3) is 3.60. The quantitative estimate of drug-likeness (QED) is 0.720. The lowest BCUT2D eigenvalue weighted by molar-refractivity contribution is -0.118. The van der Waals surface area contributed by atoms with E-state index in [9.17, 15) is 9.18 Å². The Morgan fingerprint density at radius 3 is 2.89 bits per heavy atom. The number of furan rings is 1. The van der Waals surface area contributed by atoms with Crippen LogP contribution in [0.4, 0.5) is 10.1 Å². The fourth-order valence-corrected chi connectivity index (χ4v) is 3.44. The van der Waals surface area contributed by atoms with Crippen LogP contribution in [-0.2, 0) is 17.6 Å². The summed E-state index contributed by atoms with van der Waals surface area (Å²) < 4.78 is 29.9. The third-order valence-electron chi connectivity index (χ3n) is 4.73. The van der Waals surface area contributed by atoms with Gasteiger partial charge in [0.05, 0.1) is 12.8 Å². The minimum atomic E-state index is -0.433. The van der Waals surface area contributed by atoms with Gasteiger partial charge in [0, 0.05) is 23.4 Å². The SMILES string of the molecule is COc1cc(F)ccc1NC(=O)COc1ccc2oc3c(c2c1)CCCC3. The number of carbonyl (C=O) groups excluding carboxylic acids is 1. The first kappa shape index (κ1) is 17.4. The van der Waals surface area contributed by atoms with Crippen LogP contribution in [0.15, 0.2) is 40.8 Å². The molecule has 1 amide bonds. The lowest BCUT2D eigenvalue weighted by Gasteiger charge is -2.11. The van der Waals surface area contributed by atoms with Gasteiger partial charge in [0.1, 0.15) is 28.7 Å². The second kappa shape index (κ2) is 7.31. The van der Waals surface area contributed by atoms with E-state index in [1.807, 2.05) is 12.1 Å². The molecular weight excluding hydrogens is 349 g/mol. The fraction of sp³-hybridized carbons (Fsp3) is 0.286. The number of nitrogens with one attached hydrogen (secondary N) is 1. The van der Waals surface area contributed by atoms with Crippen LogP contribution in [-0.4, -0.2) is 19.6 Å². The Kier molecular flexibility index (Phi) is 4.71. The molecule has 1 aromatic heterocycles. The standard InChI is InChI=1S/C21H20FNO4/c1-25-20-10-13(22)6-8-17(20)23-21(24)12-26-14-7-9-19-16(11-14)15-4-2-3-5-18(15)27-19/h6-11H,2-5,12H2,1H3,(H,23,24). The highest BCUT2D eigenvalue weighted by molar-refractivity contribution is 5.93. The van der Waals surface area contributed by atoms with Crippen molar-refractivity contribution >= 4 is 22.6 Å². The molecule has 0 bridgehead atoms. The Bertz CT molecular complexity index is 995. The zero-order valence-corrected chi connectivity index (χ0v) is 15.0. The van der Waals surface area contributed by atoms with Crippen LogP contribution >= 0.6 is 0 Å². The largest absolute Gasteiger partial charge is 0.494 e. The number of anilines is 1. The van der Waals surface area contributed by atoms with Crippen LogP contribution in [0.25, 0.3) is 11.0 Å². The minimum Gasteiger partial charge on any atom is -0.494 e. The van der Waals surface area contributed by atoms with Gasteiger partial charge < -0.3 is 19.2 Å². The average Bonchev–Trinajstić information content (AvgIpc) is 3.05. The Labute approximate surface area is 156 Å². The van der Waals surface area contributed by atoms with Crippen LogP contribution in [0.2, 0.25) is 0 Å². The van der Waals surface area contributed by atoms with Gasteiger partial charge in [-0.25, -0.2) is 4.39 Å². The summed E-state index contributed by atoms with van der Waals surface area (Å²) in [5.41, 5.74) is 2.50. The first-order valence-electron chi connectivity index (χ1n) is 8.94. The van der Waals surface area contributed by atoms with Crippen molar-refractivity contribution in [3.05, 3.63) is 53.5 Å². The molecule has 0 saturated carbocycles. The van der Waals surface area contributed by atoms with Crippen molar-refractivity contribution in [2.45, 2.75) is 25.7 Å². The molecule has 2 aromatic carbocycles. The predicted molar refractivity (Wildman–Crippen MR) is 99.9 cm³/mol. The van der Waals surface area contributed by atoms with Crippen molar-refractivity contribution < 1.29 is 23.1 Å². The van der Waals surface area contributed by atoms with Gasteiger partial charge in [-0.1, -0.05) is 0 Å². The Hall–Kier alpha value is -3.02. The van der Waals surface area contributed by atoms with Crippen LogP contribution in [0.3, 0.4) is 0 Å². The molecule has 6 heteroatoms. The van der Waals surface area contributed by atoms with E-state index in [1.54, 1.807) is 6.07 Å². The molecule has 140 valence electrons. The Morgan fingerprint density at radius 1 is 1.19 bits per heavy atom. The number of benzene rings is 2. The molecule has 0 spiro atoms. The number of amides is 1. The average molecular weight is 369 g/mol. The molecule has 1 N–H and O–H groups in total. The zero-order valence-electron chi connectivity index (χ0n) is 15.0. The monoisotopic (exact) mass is 369 g/mol. The van der Waals surface area contributed by atoms with Crippen molar-refractivity contribution in [3.63, 3.8) is 0 Å². The molecule has 0 aliphatic heterocycles. The van der Waals surface area contributed by atoms with E-state index in [4.69, 9.17) is 13.9 Å². The molecule has 27 heavy (non-hydrogen) atoms. The summed E-state index contributed by atoms with van der Waals surface area (Å²) in [6.07, 6.45) is 4.30. The fourth-order valence-electron chi connectivity index (χ4n) is 3.44. The van der Waals surface area contributed by atoms with Crippen LogP contribution < -0.4 is 14.8 Å². The van der Waals surface area contributed by atoms with Gasteiger partial charge in [0.25, 0.3) is 5.91 Å². The first-order valence-corrected chi connectivity index (χ1v) is 8.94. The van der Waals surface area contributed by atoms with E-state index in [1.165, 1.54) is 30.9 Å². The number of rotatable bonds is 5. The number of halogens is 1. The maximum atomic E-state index is 13.2. The van der Waals surface area contributed by atoms with Crippen molar-refractivity contribution in [1.29, 1.82) is 0 Å². The van der Waals surface area contributed by atoms with Gasteiger partial charge in [-0.2, -0.15) is 0 Å². The van der Waals surface area contributed by atoms with Crippen molar-refractivity contribution in [3.8, 4) is 11.5 Å². The number of methoxy groups -OCH3 is 1. The van der Waals surface area contributed by atoms with E-state index in [2.05, 4.69) is 5.32 Å². The van der Waals surface area contributed by atoms with Gasteiger partial charge in [-0.3, -0.25) is 4.79 Å². The van der Waals surface area contributed by atoms with Crippen LogP contribution in [0, 0.1) is 5.82 Å². The van der Waals surface area contributed by atoms with Gasteiger partial charge in [0.15, 0.2) is 6.61 Å². The molecule has 5 nitrogen and oxygen atoms in total. The number of ether oxygens (including phenoxy) is 2. The normalized spacial score (nSPS) is 13.3. The summed E-state index contributed by atoms with van der Waals surface area (Å²) >= 11 is 0. The van der Waals surface area contributed by atoms with Gasteiger partial charge in [-0.05, 0) is 49.6 Å². The summed E-state index contributed by atoms with van der Waals surface area (Å²) in [6.45, 7) is -0.161. The first-order chi connectivity index (χ1) is 13.1. The molecule has 0 unspecified atom stereocenters. The second-order valence-corrected chi connectivity index (χ2v) is 6.55. The molecule has 1 aliphatic carbocycles. The van der Waals surface area contributed by atoms with Crippen LogP contribution in [0.5, 0.6) is 11.5 Å². The molecule has 3 aromatic rings. The van der Waals surface area contributed by atoms with Crippen molar-refractivity contribution in [1.82, 2.24) is 0 Å². The van der Waals surface area contributed by atoms with Crippen molar-refractivity contribution in [2.24, 2.45) is 0 Å². The number of hydrogen-bond donors (Lipinski definition) is 1. The highest BCUT2D eigenvalue weighted by Gasteiger charge is 2.18. The van der Waals surface area contributed by atoms with Crippen molar-refractivity contribution in [2.75, 3.05) is 19.0 Å². The molecule has 0 saturated heterocycles. The lowest BCUT2D eigenvalue weighted by atomic mass is 9.96. The molecule has 0 fully saturated rings. The number of fused-ring (bicyclic) bond motifs is 3. The molecule has 4 rings (SSSR count). The highest BCUT2D eigenvalue weighted by Crippen LogP contribution is 2.34. The number of carbonyl (C=O) groups is 1. The smallest absolute Gasteiger partial charge is 0.262 e. The summed E-state index contributed by atoms with van der Waals surface area (Å²) in [5, 5.41) is 3.73. The van der Waals surface area contributed by atoms with E-state index in [0.717, 1.165) is 42.4 Å². The molecule has 1 heterocycles. The lowest BCUT2D eigenvalue weighted by Crippen LogP contribution is -2.20. The van der Waals surface area contributed by atoms with Gasteiger partial charge in [-0.15, -0.1) is 0 Å². The topological polar surface area (TPSA) is 60.7 Å². The molecule has 1 aliphatic rings. The van der Waals surface area contributed by atoms with E-state index in [-0.39, 0.29) is 18.3 Å². The Balaban J connectivity index is 1.44. The maximum Gasteiger partial charge on any atom is 0.262 e. The third-order valence-corrected chi connectivity index (χ3v) is 4.73. The zero-order chi connectivity index (χ0) is 18.8. The second-order valence-electron chi connectivity index (χ2n) is 6.55. The van der Waals surface area contributed by atoms with Gasteiger partial charge in [0.2, 0.25) is 0 Å². The van der Waals surface area contributed by atoms with E-state index < -0.39 is 5.82 Å².